The number of nitrogens with two attached hydrogens (primary N) is 1. The van der Waals surface area contributed by atoms with E-state index in [0.717, 1.165) is 29.8 Å². The maximum atomic E-state index is 6.02. The highest BCUT2D eigenvalue weighted by molar-refractivity contribution is 9.10. The molecule has 0 spiro atoms. The van der Waals surface area contributed by atoms with Gasteiger partial charge in [-0.25, -0.2) is 0 Å². The molecule has 2 N–H and O–H groups in total. The van der Waals surface area contributed by atoms with Gasteiger partial charge in [-0.2, -0.15) is 0 Å². The topological polar surface area (TPSA) is 38.5 Å². The molecule has 19 heavy (non-hydrogen) atoms. The van der Waals surface area contributed by atoms with E-state index in [4.69, 9.17) is 10.5 Å². The lowest BCUT2D eigenvalue weighted by molar-refractivity contribution is 0.235. The number of hydrogen-bond donors (Lipinski definition) is 1. The van der Waals surface area contributed by atoms with Gasteiger partial charge in [0, 0.05) is 11.0 Å². The molecule has 0 saturated carbocycles. The monoisotopic (exact) mass is 326 g/mol. The molecule has 3 nitrogen and oxygen atoms in total. The first-order valence-electron chi connectivity index (χ1n) is 7.05. The van der Waals surface area contributed by atoms with Crippen molar-refractivity contribution < 1.29 is 4.74 Å². The highest BCUT2D eigenvalue weighted by Gasteiger charge is 2.12. The Morgan fingerprint density at radius 1 is 1.32 bits per heavy atom. The minimum Gasteiger partial charge on any atom is -0.492 e. The van der Waals surface area contributed by atoms with Gasteiger partial charge in [0.25, 0.3) is 0 Å². The largest absolute Gasteiger partial charge is 0.492 e. The molecule has 1 aromatic carbocycles. The second-order valence-electron chi connectivity index (χ2n) is 5.15. The number of aryl methyl sites for hydroxylation is 1. The van der Waals surface area contributed by atoms with Gasteiger partial charge in [-0.15, -0.1) is 0 Å². The molecule has 0 radical (unpaired) electrons. The Labute approximate surface area is 124 Å². The summed E-state index contributed by atoms with van der Waals surface area (Å²) in [6, 6.07) is 4.22. The van der Waals surface area contributed by atoms with Gasteiger partial charge in [-0.3, -0.25) is 4.90 Å². The van der Waals surface area contributed by atoms with E-state index in [1.807, 2.05) is 0 Å². The molecule has 1 heterocycles. The van der Waals surface area contributed by atoms with Gasteiger partial charge in [0.1, 0.15) is 12.4 Å². The van der Waals surface area contributed by atoms with Crippen molar-refractivity contribution in [3.8, 4) is 5.75 Å². The standard InChI is InChI=1S/C15H23BrN2O/c1-12-10-14(16)11-13(4-5-17)15(12)19-9-8-18-6-2-3-7-18/h10-11H,2-9,17H2,1H3. The van der Waals surface area contributed by atoms with E-state index in [-0.39, 0.29) is 0 Å². The second-order valence-corrected chi connectivity index (χ2v) is 6.06. The predicted molar refractivity (Wildman–Crippen MR) is 82.8 cm³/mol. The summed E-state index contributed by atoms with van der Waals surface area (Å²) in [5, 5.41) is 0. The number of benzene rings is 1. The Morgan fingerprint density at radius 3 is 2.74 bits per heavy atom. The van der Waals surface area contributed by atoms with E-state index in [9.17, 15) is 0 Å². The van der Waals surface area contributed by atoms with Gasteiger partial charge in [0.2, 0.25) is 0 Å². The maximum absolute atomic E-state index is 6.02. The molecule has 106 valence electrons. The normalized spacial score (nSPS) is 15.9. The molecule has 0 bridgehead atoms. The van der Waals surface area contributed by atoms with Crippen molar-refractivity contribution in [2.75, 3.05) is 32.8 Å². The van der Waals surface area contributed by atoms with Crippen LogP contribution in [-0.4, -0.2) is 37.7 Å². The van der Waals surface area contributed by atoms with Crippen LogP contribution in [0.25, 0.3) is 0 Å². The maximum Gasteiger partial charge on any atom is 0.125 e. The highest BCUT2D eigenvalue weighted by atomic mass is 79.9. The van der Waals surface area contributed by atoms with E-state index in [0.29, 0.717) is 6.54 Å². The number of nitrogens with zero attached hydrogens (tertiary/aromatic N) is 1. The molecule has 4 heteroatoms. The average molecular weight is 327 g/mol. The fourth-order valence-corrected chi connectivity index (χ4v) is 3.25. The van der Waals surface area contributed by atoms with Crippen LogP contribution in [0.4, 0.5) is 0 Å². The second kappa shape index (κ2) is 7.27. The van der Waals surface area contributed by atoms with Crippen LogP contribution in [-0.2, 0) is 6.42 Å². The van der Waals surface area contributed by atoms with Gasteiger partial charge in [0.15, 0.2) is 0 Å². The van der Waals surface area contributed by atoms with Crippen molar-refractivity contribution in [2.24, 2.45) is 5.73 Å². The van der Waals surface area contributed by atoms with Crippen molar-refractivity contribution in [3.05, 3.63) is 27.7 Å². The smallest absolute Gasteiger partial charge is 0.125 e. The summed E-state index contributed by atoms with van der Waals surface area (Å²) < 4.78 is 7.12. The minimum atomic E-state index is 0.651. The van der Waals surface area contributed by atoms with Crippen LogP contribution >= 0.6 is 15.9 Å². The van der Waals surface area contributed by atoms with Gasteiger partial charge >= 0.3 is 0 Å². The van der Waals surface area contributed by atoms with E-state index in [1.54, 1.807) is 0 Å². The van der Waals surface area contributed by atoms with Gasteiger partial charge in [-0.05, 0) is 69.1 Å². The van der Waals surface area contributed by atoms with Crippen molar-refractivity contribution in [3.63, 3.8) is 0 Å². The SMILES string of the molecule is Cc1cc(Br)cc(CCN)c1OCCN1CCCC1. The molecule has 0 aliphatic carbocycles. The predicted octanol–water partition coefficient (Wildman–Crippen LogP) is 2.73. The Balaban J connectivity index is 1.97. The van der Waals surface area contributed by atoms with Crippen molar-refractivity contribution in [2.45, 2.75) is 26.2 Å². The lowest BCUT2D eigenvalue weighted by Gasteiger charge is -2.18. The van der Waals surface area contributed by atoms with Crippen molar-refractivity contribution in [1.29, 1.82) is 0 Å². The first-order chi connectivity index (χ1) is 9.20. The molecular formula is C15H23BrN2O. The first-order valence-corrected chi connectivity index (χ1v) is 7.84. The summed E-state index contributed by atoms with van der Waals surface area (Å²) in [5.41, 5.74) is 8.06. The Bertz CT molecular complexity index is 417. The summed E-state index contributed by atoms with van der Waals surface area (Å²) in [7, 11) is 0. The third-order valence-corrected chi connectivity index (χ3v) is 4.04. The molecule has 0 atom stereocenters. The summed E-state index contributed by atoms with van der Waals surface area (Å²) in [4.78, 5) is 2.47. The quantitative estimate of drug-likeness (QED) is 0.873. The third kappa shape index (κ3) is 4.20. The first kappa shape index (κ1) is 14.8. The molecule has 0 amide bonds. The number of ether oxygens (including phenoxy) is 1. The van der Waals surface area contributed by atoms with Gasteiger partial charge < -0.3 is 10.5 Å². The van der Waals surface area contributed by atoms with E-state index < -0.39 is 0 Å². The zero-order valence-electron chi connectivity index (χ0n) is 11.6. The zero-order valence-corrected chi connectivity index (χ0v) is 13.2. The Morgan fingerprint density at radius 2 is 2.05 bits per heavy atom. The van der Waals surface area contributed by atoms with Crippen LogP contribution in [0.2, 0.25) is 0 Å². The van der Waals surface area contributed by atoms with Crippen LogP contribution in [0.1, 0.15) is 24.0 Å². The molecule has 0 aromatic heterocycles. The van der Waals surface area contributed by atoms with Gasteiger partial charge in [-0.1, -0.05) is 15.9 Å². The van der Waals surface area contributed by atoms with E-state index in [2.05, 4.69) is 39.9 Å². The molecule has 1 aromatic rings. The molecular weight excluding hydrogens is 304 g/mol. The van der Waals surface area contributed by atoms with E-state index in [1.165, 1.54) is 37.1 Å². The molecule has 0 unspecified atom stereocenters. The lowest BCUT2D eigenvalue weighted by atomic mass is 10.1. The van der Waals surface area contributed by atoms with E-state index >= 15 is 0 Å². The fraction of sp³-hybridized carbons (Fsp3) is 0.600. The zero-order chi connectivity index (χ0) is 13.7. The third-order valence-electron chi connectivity index (χ3n) is 3.58. The van der Waals surface area contributed by atoms with Crippen LogP contribution in [0.15, 0.2) is 16.6 Å². The average Bonchev–Trinajstić information content (AvgIpc) is 2.86. The van der Waals surface area contributed by atoms with Crippen LogP contribution in [0.5, 0.6) is 5.75 Å². The summed E-state index contributed by atoms with van der Waals surface area (Å²) in [5.74, 6) is 1.02. The fourth-order valence-electron chi connectivity index (χ4n) is 2.63. The summed E-state index contributed by atoms with van der Waals surface area (Å²) >= 11 is 3.53. The van der Waals surface area contributed by atoms with Crippen LogP contribution in [0, 0.1) is 6.92 Å². The van der Waals surface area contributed by atoms with Gasteiger partial charge in [0.05, 0.1) is 0 Å². The number of likely N-dealkylation sites (tertiary alicyclic amines) is 1. The number of halogens is 1. The lowest BCUT2D eigenvalue weighted by Crippen LogP contribution is -2.25. The number of rotatable bonds is 6. The molecule has 2 rings (SSSR count). The Kier molecular flexibility index (Phi) is 5.67. The minimum absolute atomic E-state index is 0.651. The van der Waals surface area contributed by atoms with Crippen molar-refractivity contribution >= 4 is 15.9 Å². The molecule has 1 fully saturated rings. The molecule has 1 aliphatic heterocycles. The summed E-state index contributed by atoms with van der Waals surface area (Å²) in [6.45, 7) is 6.97. The molecule has 1 aliphatic rings. The highest BCUT2D eigenvalue weighted by Crippen LogP contribution is 2.28. The van der Waals surface area contributed by atoms with Crippen molar-refractivity contribution in [1.82, 2.24) is 4.90 Å². The molecule has 1 saturated heterocycles. The van der Waals surface area contributed by atoms with Crippen LogP contribution < -0.4 is 10.5 Å². The Hall–Kier alpha value is -0.580. The summed E-state index contributed by atoms with van der Waals surface area (Å²) in [6.07, 6.45) is 3.52. The van der Waals surface area contributed by atoms with Crippen LogP contribution in [0.3, 0.4) is 0 Å². The number of hydrogen-bond acceptors (Lipinski definition) is 3.